The second-order valence-corrected chi connectivity index (χ2v) is 9.83. The molecule has 3 saturated heterocycles. The Hall–Kier alpha value is -2.20. The van der Waals surface area contributed by atoms with Crippen LogP contribution in [0.3, 0.4) is 0 Å². The van der Waals surface area contributed by atoms with Gasteiger partial charge in [-0.3, -0.25) is 4.79 Å². The first kappa shape index (κ1) is 26.4. The van der Waals surface area contributed by atoms with Crippen LogP contribution < -0.4 is 10.6 Å². The van der Waals surface area contributed by atoms with E-state index < -0.39 is 12.2 Å². The summed E-state index contributed by atoms with van der Waals surface area (Å²) in [5.41, 5.74) is 0.945. The van der Waals surface area contributed by atoms with E-state index in [1.54, 1.807) is 6.92 Å². The summed E-state index contributed by atoms with van der Waals surface area (Å²) in [4.78, 5) is 23.2. The molecule has 0 unspecified atom stereocenters. The molecule has 0 aromatic rings. The van der Waals surface area contributed by atoms with Crippen molar-refractivity contribution < 1.29 is 36.1 Å². The third kappa shape index (κ3) is 8.54. The summed E-state index contributed by atoms with van der Waals surface area (Å²) in [5.74, 6) is -0.296. The second kappa shape index (κ2) is 11.5. The van der Waals surface area contributed by atoms with E-state index in [-0.39, 0.29) is 38.4 Å². The van der Waals surface area contributed by atoms with Crippen LogP contribution in [0.2, 0.25) is 0 Å². The quantitative estimate of drug-likeness (QED) is 0.311. The summed E-state index contributed by atoms with van der Waals surface area (Å²) in [5, 5.41) is 5.17. The van der Waals surface area contributed by atoms with Crippen LogP contribution in [0.4, 0.5) is 4.79 Å². The van der Waals surface area contributed by atoms with Crippen LogP contribution in [0, 0.1) is 0 Å². The predicted octanol–water partition coefficient (Wildman–Crippen LogP) is 3.26. The molecule has 3 fully saturated rings. The normalized spacial score (nSPS) is 32.0. The van der Waals surface area contributed by atoms with Crippen molar-refractivity contribution in [3.05, 3.63) is 36.0 Å². The largest absolute Gasteiger partial charge is 0.442 e. The van der Waals surface area contributed by atoms with Gasteiger partial charge in [-0.05, 0) is 33.8 Å². The van der Waals surface area contributed by atoms with Crippen molar-refractivity contribution >= 4 is 12.0 Å². The Bertz CT molecular complexity index is 813. The Morgan fingerprint density at radius 3 is 2.59 bits per heavy atom. The van der Waals surface area contributed by atoms with E-state index in [9.17, 15) is 9.59 Å². The molecule has 34 heavy (non-hydrogen) atoms. The number of nitrogens with one attached hydrogen (secondary N) is 2. The molecule has 0 aliphatic carbocycles. The van der Waals surface area contributed by atoms with Gasteiger partial charge >= 0.3 is 6.09 Å². The van der Waals surface area contributed by atoms with Crippen molar-refractivity contribution in [1.82, 2.24) is 10.6 Å². The van der Waals surface area contributed by atoms with E-state index in [0.717, 1.165) is 25.0 Å². The average molecular weight is 483 g/mol. The maximum atomic E-state index is 12.1. The van der Waals surface area contributed by atoms with Crippen molar-refractivity contribution in [3.63, 3.8) is 0 Å². The van der Waals surface area contributed by atoms with E-state index >= 15 is 0 Å². The molecule has 3 rings (SSSR count). The molecule has 1 spiro atoms. The van der Waals surface area contributed by atoms with Gasteiger partial charge < -0.3 is 34.3 Å². The number of ether oxygens (including phenoxy) is 5. The van der Waals surface area contributed by atoms with Gasteiger partial charge in [-0.2, -0.15) is 0 Å². The number of hydrogen-bond acceptors (Lipinski definition) is 7. The predicted molar refractivity (Wildman–Crippen MR) is 130 cm³/mol. The highest BCUT2D eigenvalue weighted by molar-refractivity contribution is 5.87. The van der Waals surface area contributed by atoms with Crippen molar-refractivity contribution in [2.75, 3.05) is 26.9 Å². The Labute approximate surface area is 204 Å². The fraction of sp³-hybridized carbons (Fsp3) is 0.680. The molecule has 194 valence electrons. The van der Waals surface area contributed by atoms with Crippen LogP contribution in [-0.4, -0.2) is 74.6 Å². The minimum Gasteiger partial charge on any atom is -0.442 e. The summed E-state index contributed by atoms with van der Waals surface area (Å²) < 4.78 is 28.4. The number of rotatable bonds is 8. The average Bonchev–Trinajstić information content (AvgIpc) is 3.51. The molecule has 3 aliphatic rings. The lowest BCUT2D eigenvalue weighted by Gasteiger charge is -2.38. The van der Waals surface area contributed by atoms with Gasteiger partial charge in [-0.15, -0.1) is 0 Å². The molecule has 3 aliphatic heterocycles. The fourth-order valence-electron chi connectivity index (χ4n) is 4.25. The Balaban J connectivity index is 0.00000324. The van der Waals surface area contributed by atoms with Crippen molar-refractivity contribution in [3.8, 4) is 0 Å². The van der Waals surface area contributed by atoms with Gasteiger partial charge in [0.15, 0.2) is 6.29 Å². The summed E-state index contributed by atoms with van der Waals surface area (Å²) in [6, 6.07) is -0.239. The van der Waals surface area contributed by atoms with Gasteiger partial charge in [0.25, 0.3) is 0 Å². The zero-order chi connectivity index (χ0) is 24.8. The highest BCUT2D eigenvalue weighted by atomic mass is 16.7. The number of amides is 2. The van der Waals surface area contributed by atoms with Gasteiger partial charge in [-0.1, -0.05) is 23.8 Å². The van der Waals surface area contributed by atoms with Crippen molar-refractivity contribution in [1.29, 1.82) is 0 Å². The first-order chi connectivity index (χ1) is 16.1. The lowest BCUT2D eigenvalue weighted by molar-refractivity contribution is -0.187. The molecule has 0 bridgehead atoms. The Morgan fingerprint density at radius 2 is 1.94 bits per heavy atom. The highest BCUT2D eigenvalue weighted by Gasteiger charge is 2.53. The second-order valence-electron chi connectivity index (χ2n) is 9.83. The van der Waals surface area contributed by atoms with Crippen LogP contribution in [0.25, 0.3) is 0 Å². The zero-order valence-corrected chi connectivity index (χ0v) is 20.8. The maximum Gasteiger partial charge on any atom is 0.407 e. The van der Waals surface area contributed by atoms with Gasteiger partial charge in [0.2, 0.25) is 5.91 Å². The van der Waals surface area contributed by atoms with Crippen molar-refractivity contribution in [2.24, 2.45) is 0 Å². The third-order valence-corrected chi connectivity index (χ3v) is 5.88. The lowest BCUT2D eigenvalue weighted by Crippen LogP contribution is -2.46. The lowest BCUT2D eigenvalue weighted by atomic mass is 9.85. The first-order valence-electron chi connectivity index (χ1n) is 11.9. The standard InChI is InChI=1S/C25H38N2O7.2H2/c1-17(6-9-20-12-25(16-32-25)15-24(3,4)34-20)7-11-22-30-13-19(14-31-22)27-21(28)10-8-18(2)33-23(29)26-5;;/h6-10,18-20,22H,11-16H2,1-5H3,(H,26,29)(H,27,28);2*1H/b9-6+,10-8-,17-7+;;/t18-,19?,20+,22?,25+;;/m0../s1. The summed E-state index contributed by atoms with van der Waals surface area (Å²) >= 11 is 0. The van der Waals surface area contributed by atoms with E-state index in [0.29, 0.717) is 19.6 Å². The van der Waals surface area contributed by atoms with E-state index in [1.807, 2.05) is 6.92 Å². The fourth-order valence-corrected chi connectivity index (χ4v) is 4.25. The molecule has 3 atom stereocenters. The van der Waals surface area contributed by atoms with E-state index in [2.05, 4.69) is 42.7 Å². The zero-order valence-electron chi connectivity index (χ0n) is 20.8. The van der Waals surface area contributed by atoms with Gasteiger partial charge in [0, 0.05) is 35.2 Å². The maximum absolute atomic E-state index is 12.1. The monoisotopic (exact) mass is 482 g/mol. The summed E-state index contributed by atoms with van der Waals surface area (Å²) in [7, 11) is 1.47. The van der Waals surface area contributed by atoms with Crippen molar-refractivity contribution in [2.45, 2.75) is 82.7 Å². The Kier molecular flexibility index (Phi) is 8.92. The number of alkyl carbamates (subject to hydrolysis) is 1. The van der Waals surface area contributed by atoms with Crippen LogP contribution in [-0.2, 0) is 28.5 Å². The van der Waals surface area contributed by atoms with Crippen LogP contribution in [0.1, 0.15) is 49.8 Å². The minimum atomic E-state index is -0.551. The Morgan fingerprint density at radius 1 is 1.24 bits per heavy atom. The molecule has 3 heterocycles. The first-order valence-corrected chi connectivity index (χ1v) is 11.9. The van der Waals surface area contributed by atoms with E-state index in [4.69, 9.17) is 23.7 Å². The van der Waals surface area contributed by atoms with Crippen LogP contribution in [0.5, 0.6) is 0 Å². The topological polar surface area (TPSA) is 108 Å². The molecule has 0 aromatic carbocycles. The van der Waals surface area contributed by atoms with Crippen LogP contribution >= 0.6 is 0 Å². The molecule has 2 amide bonds. The third-order valence-electron chi connectivity index (χ3n) is 5.88. The van der Waals surface area contributed by atoms with Gasteiger partial charge in [0.1, 0.15) is 6.10 Å². The molecule has 0 radical (unpaired) electrons. The van der Waals surface area contributed by atoms with E-state index in [1.165, 1.54) is 19.2 Å². The minimum absolute atomic E-state index is 0. The summed E-state index contributed by atoms with van der Waals surface area (Å²) in [6.45, 7) is 9.51. The number of carbonyl (C=O) groups excluding carboxylic acids is 2. The highest BCUT2D eigenvalue weighted by Crippen LogP contribution is 2.46. The number of epoxide rings is 1. The molecule has 0 aromatic heterocycles. The van der Waals surface area contributed by atoms with Crippen LogP contribution in [0.15, 0.2) is 36.0 Å². The molecular weight excluding hydrogens is 440 g/mol. The number of hydrogen-bond donors (Lipinski definition) is 2. The number of carbonyl (C=O) groups is 2. The smallest absolute Gasteiger partial charge is 0.407 e. The SMILES string of the molecule is CNC(=O)O[C@@H](C)/C=C\C(=O)NC1COC(C/C=C(C)/C=C/[C@@H]2C[C@]3(CO3)CC(C)(C)O2)OC1.[HH].[HH]. The molecule has 9 nitrogen and oxygen atoms in total. The van der Waals surface area contributed by atoms with Gasteiger partial charge in [0.05, 0.1) is 43.2 Å². The summed E-state index contributed by atoms with van der Waals surface area (Å²) in [6.07, 6.45) is 10.2. The molecule has 0 saturated carbocycles. The number of allylic oxidation sites excluding steroid dienone is 2. The molecular formula is C25H42N2O7. The molecule has 9 heteroatoms. The molecule has 2 N–H and O–H groups in total. The van der Waals surface area contributed by atoms with Gasteiger partial charge in [-0.25, -0.2) is 4.79 Å².